The van der Waals surface area contributed by atoms with Crippen LogP contribution in [0.1, 0.15) is 0 Å². The van der Waals surface area contributed by atoms with Gasteiger partial charge in [-0.2, -0.15) is 4.98 Å². The van der Waals surface area contributed by atoms with Crippen LogP contribution in [0, 0.1) is 0 Å². The van der Waals surface area contributed by atoms with Crippen molar-refractivity contribution < 1.29 is 9.21 Å². The van der Waals surface area contributed by atoms with Crippen LogP contribution in [-0.2, 0) is 25.4 Å². The molecule has 0 unspecified atom stereocenters. The molecule has 0 radical (unpaired) electrons. The molecular weight excluding hydrogens is 413 g/mol. The molecule has 0 saturated carbocycles. The summed E-state index contributed by atoms with van der Waals surface area (Å²) in [5.41, 5.74) is -0.290. The monoisotopic (exact) mass is 423 g/mol. The standard InChI is InChI=1S/C15H11Cl2N7O4/c1-22-12-11(13(26)23(2)15(22)27)24(21-20-12)5-10(25)19-14-18-8-3-6(16)7(17)4-9(8)28-14/h3-4H,5H2,1-2H3,(H,18,19,25). The smallest absolute Gasteiger partial charge is 0.332 e. The Morgan fingerprint density at radius 3 is 2.64 bits per heavy atom. The molecule has 0 aliphatic rings. The number of fused-ring (bicyclic) bond motifs is 2. The molecule has 0 atom stereocenters. The number of hydrogen-bond acceptors (Lipinski definition) is 7. The van der Waals surface area contributed by atoms with E-state index in [0.717, 1.165) is 9.25 Å². The fraction of sp³-hybridized carbons (Fsp3) is 0.200. The minimum absolute atomic E-state index is 0.0240. The lowest BCUT2D eigenvalue weighted by Gasteiger charge is -2.04. The zero-order valence-electron chi connectivity index (χ0n) is 14.4. The lowest BCUT2D eigenvalue weighted by Crippen LogP contribution is -2.38. The third kappa shape index (κ3) is 2.84. The highest BCUT2D eigenvalue weighted by Crippen LogP contribution is 2.29. The highest BCUT2D eigenvalue weighted by atomic mass is 35.5. The first-order valence-corrected chi connectivity index (χ1v) is 8.56. The van der Waals surface area contributed by atoms with Crippen LogP contribution >= 0.6 is 23.2 Å². The number of halogens is 2. The van der Waals surface area contributed by atoms with Gasteiger partial charge in [-0.1, -0.05) is 28.4 Å². The van der Waals surface area contributed by atoms with Gasteiger partial charge < -0.3 is 4.42 Å². The molecule has 0 saturated heterocycles. The van der Waals surface area contributed by atoms with Gasteiger partial charge >= 0.3 is 11.7 Å². The fourth-order valence-corrected chi connectivity index (χ4v) is 2.99. The third-order valence-corrected chi connectivity index (χ3v) is 4.81. The van der Waals surface area contributed by atoms with Crippen LogP contribution in [-0.4, -0.2) is 35.0 Å². The van der Waals surface area contributed by atoms with Crippen LogP contribution < -0.4 is 16.6 Å². The molecule has 3 heterocycles. The lowest BCUT2D eigenvalue weighted by molar-refractivity contribution is -0.117. The average Bonchev–Trinajstić information content (AvgIpc) is 3.22. The largest absolute Gasteiger partial charge is 0.423 e. The topological polar surface area (TPSA) is 130 Å². The first kappa shape index (κ1) is 18.2. The summed E-state index contributed by atoms with van der Waals surface area (Å²) in [6, 6.07) is 2.92. The molecule has 0 aliphatic carbocycles. The molecule has 4 aromatic rings. The quantitative estimate of drug-likeness (QED) is 0.518. The van der Waals surface area contributed by atoms with Crippen LogP contribution in [0.25, 0.3) is 22.3 Å². The van der Waals surface area contributed by atoms with E-state index in [4.69, 9.17) is 27.6 Å². The highest BCUT2D eigenvalue weighted by molar-refractivity contribution is 6.42. The normalized spacial score (nSPS) is 11.4. The first-order chi connectivity index (χ1) is 13.3. The van der Waals surface area contributed by atoms with Gasteiger partial charge in [-0.25, -0.2) is 9.48 Å². The minimum Gasteiger partial charge on any atom is -0.423 e. The number of carbonyl (C=O) groups excluding carboxylic acids is 1. The minimum atomic E-state index is -0.609. The Morgan fingerprint density at radius 1 is 1.18 bits per heavy atom. The number of aromatic nitrogens is 6. The van der Waals surface area contributed by atoms with Crippen molar-refractivity contribution in [3.05, 3.63) is 43.0 Å². The average molecular weight is 424 g/mol. The van der Waals surface area contributed by atoms with Crippen molar-refractivity contribution in [2.45, 2.75) is 6.54 Å². The van der Waals surface area contributed by atoms with Gasteiger partial charge in [0.05, 0.1) is 10.0 Å². The van der Waals surface area contributed by atoms with Gasteiger partial charge in [-0.15, -0.1) is 5.10 Å². The Labute approximate surface area is 165 Å². The molecule has 144 valence electrons. The number of amides is 1. The van der Waals surface area contributed by atoms with E-state index >= 15 is 0 Å². The molecule has 0 aliphatic heterocycles. The predicted molar refractivity (Wildman–Crippen MR) is 101 cm³/mol. The summed E-state index contributed by atoms with van der Waals surface area (Å²) in [7, 11) is 2.79. The summed E-state index contributed by atoms with van der Waals surface area (Å²) in [5.74, 6) is -0.563. The number of benzene rings is 1. The van der Waals surface area contributed by atoms with Crippen molar-refractivity contribution in [1.29, 1.82) is 0 Å². The van der Waals surface area contributed by atoms with E-state index in [9.17, 15) is 14.4 Å². The molecule has 3 aromatic heterocycles. The zero-order valence-corrected chi connectivity index (χ0v) is 15.9. The Balaban J connectivity index is 1.64. The molecule has 13 heteroatoms. The molecule has 0 fully saturated rings. The van der Waals surface area contributed by atoms with E-state index in [1.165, 1.54) is 30.8 Å². The van der Waals surface area contributed by atoms with Crippen molar-refractivity contribution in [3.63, 3.8) is 0 Å². The van der Waals surface area contributed by atoms with Gasteiger partial charge in [0.25, 0.3) is 5.56 Å². The maximum Gasteiger partial charge on any atom is 0.332 e. The Hall–Kier alpha value is -3.18. The Bertz CT molecular complexity index is 1340. The van der Waals surface area contributed by atoms with E-state index < -0.39 is 17.2 Å². The molecular formula is C15H11Cl2N7O4. The summed E-state index contributed by atoms with van der Waals surface area (Å²) < 4.78 is 8.60. The van der Waals surface area contributed by atoms with Crippen LogP contribution in [0.5, 0.6) is 0 Å². The van der Waals surface area contributed by atoms with Gasteiger partial charge in [-0.3, -0.25) is 24.0 Å². The maximum atomic E-state index is 12.4. The fourth-order valence-electron chi connectivity index (χ4n) is 2.68. The second-order valence-electron chi connectivity index (χ2n) is 5.93. The molecule has 0 spiro atoms. The Kier molecular flexibility index (Phi) is 4.20. The van der Waals surface area contributed by atoms with Gasteiger partial charge in [0, 0.05) is 20.2 Å². The first-order valence-electron chi connectivity index (χ1n) is 7.81. The maximum absolute atomic E-state index is 12.4. The second-order valence-corrected chi connectivity index (χ2v) is 6.74. The third-order valence-electron chi connectivity index (χ3n) is 4.09. The second kappa shape index (κ2) is 6.46. The van der Waals surface area contributed by atoms with Gasteiger partial charge in [-0.05, 0) is 6.07 Å². The van der Waals surface area contributed by atoms with Gasteiger partial charge in [0.15, 0.2) is 16.7 Å². The van der Waals surface area contributed by atoms with Gasteiger partial charge in [0.2, 0.25) is 5.91 Å². The number of nitrogens with zero attached hydrogens (tertiary/aromatic N) is 6. The van der Waals surface area contributed by atoms with Crippen molar-refractivity contribution >= 4 is 57.4 Å². The molecule has 0 bridgehead atoms. The summed E-state index contributed by atoms with van der Waals surface area (Å²) in [6.07, 6.45) is 0. The van der Waals surface area contributed by atoms with Crippen molar-refractivity contribution in [1.82, 2.24) is 29.1 Å². The summed E-state index contributed by atoms with van der Waals surface area (Å²) in [5, 5.41) is 10.7. The van der Waals surface area contributed by atoms with E-state index in [-0.39, 0.29) is 23.7 Å². The van der Waals surface area contributed by atoms with Crippen LogP contribution in [0.2, 0.25) is 10.0 Å². The summed E-state index contributed by atoms with van der Waals surface area (Å²) in [4.78, 5) is 40.8. The number of nitrogens with one attached hydrogen (secondary N) is 1. The number of rotatable bonds is 3. The summed E-state index contributed by atoms with van der Waals surface area (Å²) in [6.45, 7) is -0.343. The number of anilines is 1. The SMILES string of the molecule is Cn1c(=O)c2c(nnn2CC(=O)Nc2nc3cc(Cl)c(Cl)cc3o2)n(C)c1=O. The van der Waals surface area contributed by atoms with Crippen LogP contribution in [0.3, 0.4) is 0 Å². The number of oxazole rings is 1. The van der Waals surface area contributed by atoms with Gasteiger partial charge in [0.1, 0.15) is 12.1 Å². The van der Waals surface area contributed by atoms with Crippen molar-refractivity contribution in [3.8, 4) is 0 Å². The predicted octanol–water partition coefficient (Wildman–Crippen LogP) is 0.915. The lowest BCUT2D eigenvalue weighted by atomic mass is 10.3. The molecule has 1 aromatic carbocycles. The molecule has 28 heavy (non-hydrogen) atoms. The van der Waals surface area contributed by atoms with Crippen molar-refractivity contribution in [2.24, 2.45) is 14.1 Å². The van der Waals surface area contributed by atoms with Crippen LogP contribution in [0.15, 0.2) is 26.1 Å². The van der Waals surface area contributed by atoms with Crippen LogP contribution in [0.4, 0.5) is 6.01 Å². The zero-order chi connectivity index (χ0) is 20.2. The highest BCUT2D eigenvalue weighted by Gasteiger charge is 2.18. The van der Waals surface area contributed by atoms with E-state index in [2.05, 4.69) is 20.6 Å². The molecule has 1 N–H and O–H groups in total. The molecule has 4 rings (SSSR count). The van der Waals surface area contributed by atoms with E-state index in [1.54, 1.807) is 0 Å². The summed E-state index contributed by atoms with van der Waals surface area (Å²) >= 11 is 11.9. The molecule has 1 amide bonds. The molecule has 11 nitrogen and oxygen atoms in total. The van der Waals surface area contributed by atoms with E-state index in [1.807, 2.05) is 0 Å². The van der Waals surface area contributed by atoms with E-state index in [0.29, 0.717) is 21.1 Å². The number of aryl methyl sites for hydroxylation is 1. The Morgan fingerprint density at radius 2 is 1.89 bits per heavy atom. The number of hydrogen-bond donors (Lipinski definition) is 1. The number of carbonyl (C=O) groups is 1. The van der Waals surface area contributed by atoms with Crippen molar-refractivity contribution in [2.75, 3.05) is 5.32 Å².